The molecule has 0 aromatic carbocycles. The average molecular weight is 248 g/mol. The topological polar surface area (TPSA) is 24.9 Å². The molecule has 2 heteroatoms. The summed E-state index contributed by atoms with van der Waals surface area (Å²) in [5.41, 5.74) is 1.20. The lowest BCUT2D eigenvalue weighted by Crippen LogP contribution is -2.38. The van der Waals surface area contributed by atoms with Crippen LogP contribution < -0.4 is 5.32 Å². The Morgan fingerprint density at radius 3 is 2.56 bits per heavy atom. The number of hydrogen-bond acceptors (Lipinski definition) is 2. The Kier molecular flexibility index (Phi) is 6.96. The van der Waals surface area contributed by atoms with Crippen molar-refractivity contribution in [3.63, 3.8) is 0 Å². The van der Waals surface area contributed by atoms with Gasteiger partial charge in [-0.3, -0.25) is 4.98 Å². The van der Waals surface area contributed by atoms with E-state index >= 15 is 0 Å². The largest absolute Gasteiger partial charge is 0.316 e. The van der Waals surface area contributed by atoms with E-state index in [4.69, 9.17) is 0 Å². The second-order valence-corrected chi connectivity index (χ2v) is 5.17. The fourth-order valence-electron chi connectivity index (χ4n) is 2.83. The van der Waals surface area contributed by atoms with Gasteiger partial charge in [0.2, 0.25) is 0 Å². The van der Waals surface area contributed by atoms with E-state index in [0.717, 1.165) is 5.92 Å². The van der Waals surface area contributed by atoms with Crippen LogP contribution in [0.2, 0.25) is 0 Å². The fraction of sp³-hybridized carbons (Fsp3) is 0.688. The van der Waals surface area contributed by atoms with Crippen molar-refractivity contribution in [1.29, 1.82) is 0 Å². The highest BCUT2D eigenvalue weighted by Crippen LogP contribution is 2.27. The number of rotatable bonds is 8. The van der Waals surface area contributed by atoms with Crippen LogP contribution in [-0.2, 0) is 0 Å². The summed E-state index contributed by atoms with van der Waals surface area (Å²) in [7, 11) is 2.08. The highest BCUT2D eigenvalue weighted by Gasteiger charge is 2.25. The van der Waals surface area contributed by atoms with Crippen LogP contribution in [-0.4, -0.2) is 18.1 Å². The Morgan fingerprint density at radius 1 is 1.28 bits per heavy atom. The van der Waals surface area contributed by atoms with Crippen molar-refractivity contribution >= 4 is 0 Å². The summed E-state index contributed by atoms with van der Waals surface area (Å²) in [6.45, 7) is 6.86. The van der Waals surface area contributed by atoms with Gasteiger partial charge in [0.05, 0.1) is 0 Å². The molecule has 1 aromatic rings. The normalized spacial score (nSPS) is 16.2. The van der Waals surface area contributed by atoms with Gasteiger partial charge in [0, 0.05) is 23.9 Å². The monoisotopic (exact) mass is 248 g/mol. The molecule has 1 N–H and O–H groups in total. The first kappa shape index (κ1) is 15.2. The summed E-state index contributed by atoms with van der Waals surface area (Å²) < 4.78 is 0. The summed E-state index contributed by atoms with van der Waals surface area (Å²) in [5, 5.41) is 3.52. The number of likely N-dealkylation sites (N-methyl/N-ethyl adjacent to an activating group) is 1. The predicted molar refractivity (Wildman–Crippen MR) is 78.8 cm³/mol. The lowest BCUT2D eigenvalue weighted by molar-refractivity contribution is 0.297. The second kappa shape index (κ2) is 8.25. The van der Waals surface area contributed by atoms with E-state index in [2.05, 4.69) is 50.3 Å². The Morgan fingerprint density at radius 2 is 2.06 bits per heavy atom. The standard InChI is InChI=1S/C16H28N2/c1-5-7-10-14(6-2)16(17-4)13(3)15-11-8-9-12-18-15/h8-9,11-14,16-17H,5-7,10H2,1-4H3. The van der Waals surface area contributed by atoms with E-state index in [-0.39, 0.29) is 0 Å². The van der Waals surface area contributed by atoms with Gasteiger partial charge in [-0.2, -0.15) is 0 Å². The molecule has 0 fully saturated rings. The van der Waals surface area contributed by atoms with Crippen molar-refractivity contribution in [3.05, 3.63) is 30.1 Å². The minimum Gasteiger partial charge on any atom is -0.316 e. The zero-order chi connectivity index (χ0) is 13.4. The quantitative estimate of drug-likeness (QED) is 0.752. The van der Waals surface area contributed by atoms with Crippen LogP contribution in [0.5, 0.6) is 0 Å². The Hall–Kier alpha value is -0.890. The molecular formula is C16H28N2. The Balaban J connectivity index is 2.74. The summed E-state index contributed by atoms with van der Waals surface area (Å²) in [5.74, 6) is 1.21. The number of pyridine rings is 1. The maximum atomic E-state index is 4.50. The first-order valence-electron chi connectivity index (χ1n) is 7.32. The van der Waals surface area contributed by atoms with Crippen LogP contribution in [0.15, 0.2) is 24.4 Å². The molecule has 2 nitrogen and oxygen atoms in total. The van der Waals surface area contributed by atoms with Gasteiger partial charge < -0.3 is 5.32 Å². The highest BCUT2D eigenvalue weighted by molar-refractivity contribution is 5.11. The molecule has 3 atom stereocenters. The fourth-order valence-corrected chi connectivity index (χ4v) is 2.83. The summed E-state index contributed by atoms with van der Waals surface area (Å²) in [6, 6.07) is 6.73. The van der Waals surface area contributed by atoms with Gasteiger partial charge in [0.15, 0.2) is 0 Å². The zero-order valence-electron chi connectivity index (χ0n) is 12.3. The smallest absolute Gasteiger partial charge is 0.0447 e. The molecule has 0 amide bonds. The number of unbranched alkanes of at least 4 members (excludes halogenated alkanes) is 1. The van der Waals surface area contributed by atoms with Gasteiger partial charge in [0.25, 0.3) is 0 Å². The van der Waals surface area contributed by atoms with Gasteiger partial charge >= 0.3 is 0 Å². The molecule has 1 rings (SSSR count). The molecule has 0 radical (unpaired) electrons. The molecule has 0 bridgehead atoms. The number of hydrogen-bond donors (Lipinski definition) is 1. The van der Waals surface area contributed by atoms with Crippen LogP contribution in [0.3, 0.4) is 0 Å². The lowest BCUT2D eigenvalue weighted by Gasteiger charge is -2.31. The van der Waals surface area contributed by atoms with E-state index in [1.54, 1.807) is 0 Å². The molecule has 1 heterocycles. The minimum atomic E-state index is 0.470. The van der Waals surface area contributed by atoms with Gasteiger partial charge in [-0.25, -0.2) is 0 Å². The third-order valence-electron chi connectivity index (χ3n) is 3.99. The number of nitrogens with one attached hydrogen (secondary N) is 1. The second-order valence-electron chi connectivity index (χ2n) is 5.17. The van der Waals surface area contributed by atoms with Crippen molar-refractivity contribution in [2.75, 3.05) is 7.05 Å². The molecule has 0 spiro atoms. The zero-order valence-corrected chi connectivity index (χ0v) is 12.3. The summed E-state index contributed by atoms with van der Waals surface area (Å²) in [6.07, 6.45) is 7.06. The van der Waals surface area contributed by atoms with Crippen molar-refractivity contribution in [2.45, 2.75) is 58.4 Å². The molecule has 0 aliphatic carbocycles. The maximum absolute atomic E-state index is 4.50. The van der Waals surface area contributed by atoms with Crippen molar-refractivity contribution in [2.24, 2.45) is 5.92 Å². The van der Waals surface area contributed by atoms with Crippen molar-refractivity contribution < 1.29 is 0 Å². The van der Waals surface area contributed by atoms with E-state index in [1.807, 2.05) is 12.3 Å². The van der Waals surface area contributed by atoms with E-state index in [1.165, 1.54) is 31.4 Å². The third-order valence-corrected chi connectivity index (χ3v) is 3.99. The molecule has 102 valence electrons. The summed E-state index contributed by atoms with van der Waals surface area (Å²) in [4.78, 5) is 4.50. The minimum absolute atomic E-state index is 0.470. The molecule has 18 heavy (non-hydrogen) atoms. The Bertz CT molecular complexity index is 310. The van der Waals surface area contributed by atoms with Crippen LogP contribution in [0, 0.1) is 5.92 Å². The predicted octanol–water partition coefficient (Wildman–Crippen LogP) is 3.99. The van der Waals surface area contributed by atoms with Crippen LogP contribution in [0.1, 0.15) is 58.1 Å². The maximum Gasteiger partial charge on any atom is 0.0447 e. The molecule has 3 unspecified atom stereocenters. The number of nitrogens with zero attached hydrogens (tertiary/aromatic N) is 1. The van der Waals surface area contributed by atoms with Gasteiger partial charge in [0.1, 0.15) is 0 Å². The molecule has 0 saturated carbocycles. The Labute approximate surface area is 112 Å². The van der Waals surface area contributed by atoms with E-state index in [0.29, 0.717) is 12.0 Å². The molecule has 0 aliphatic heterocycles. The van der Waals surface area contributed by atoms with Gasteiger partial charge in [-0.05, 0) is 31.5 Å². The SMILES string of the molecule is CCCCC(CC)C(NC)C(C)c1ccccn1. The number of aromatic nitrogens is 1. The van der Waals surface area contributed by atoms with Crippen molar-refractivity contribution in [1.82, 2.24) is 10.3 Å². The summed E-state index contributed by atoms with van der Waals surface area (Å²) >= 11 is 0. The molecule has 0 aliphatic rings. The van der Waals surface area contributed by atoms with Crippen LogP contribution in [0.4, 0.5) is 0 Å². The van der Waals surface area contributed by atoms with Gasteiger partial charge in [-0.1, -0.05) is 46.1 Å². The lowest BCUT2D eigenvalue weighted by atomic mass is 9.82. The van der Waals surface area contributed by atoms with E-state index < -0.39 is 0 Å². The van der Waals surface area contributed by atoms with Gasteiger partial charge in [-0.15, -0.1) is 0 Å². The first-order valence-corrected chi connectivity index (χ1v) is 7.32. The molecule has 1 aromatic heterocycles. The van der Waals surface area contributed by atoms with Crippen LogP contribution in [0.25, 0.3) is 0 Å². The third kappa shape index (κ3) is 4.09. The van der Waals surface area contributed by atoms with E-state index in [9.17, 15) is 0 Å². The molecule has 0 saturated heterocycles. The highest BCUT2D eigenvalue weighted by atomic mass is 14.9. The van der Waals surface area contributed by atoms with Crippen LogP contribution >= 0.6 is 0 Å². The average Bonchev–Trinajstić information content (AvgIpc) is 2.43. The van der Waals surface area contributed by atoms with Crippen molar-refractivity contribution in [3.8, 4) is 0 Å². The molecular weight excluding hydrogens is 220 g/mol. The first-order chi connectivity index (χ1) is 8.74.